The SMILES string of the molecule is c1ccc(N2c3cc4c(cc3B3c5ccccc5Oc5cc(-n6c7ccccc7c7ccccc76)cc2c53)c2ccccc2c2cc3c(cc24)N(c2ccccc2)c2cc(-n4c5ccccc5c5ccccc54)cc4c2B3c2ccccc2O4)cc1. The van der Waals surface area contributed by atoms with Crippen LogP contribution in [-0.2, 0) is 0 Å². The lowest BCUT2D eigenvalue weighted by molar-refractivity contribution is 0.487. The lowest BCUT2D eigenvalue weighted by Crippen LogP contribution is -2.59. The number of fused-ring (bicyclic) bond motifs is 20. The standard InChI is InChI=1S/C78H46B2N4O2/c1-3-21-47(22-4-1)81-69-45-59-57(43-63(69)79-61-31-13-19-37-73(61)85-75-41-49(39-71(81)77(75)79)83-65-33-15-9-27-53(65)54-28-10-16-34-66(54)83)51-25-7-8-26-52(51)58-44-64-70(46-60(58)59)82(48-23-5-2-6-24-48)72-40-50(42-76-78(72)80(64)62-32-14-20-38-74(62)86-76)84-67-35-17-11-29-55(67)56-30-12-18-36-68(56)84/h1-46H. The Labute approximate surface area is 495 Å². The van der Waals surface area contributed by atoms with Crippen molar-refractivity contribution in [2.24, 2.45) is 0 Å². The lowest BCUT2D eigenvalue weighted by Gasteiger charge is -2.41. The maximum absolute atomic E-state index is 7.19. The van der Waals surface area contributed by atoms with E-state index in [1.165, 1.54) is 64.8 Å². The number of anilines is 6. The summed E-state index contributed by atoms with van der Waals surface area (Å²) in [5, 5.41) is 12.1. The van der Waals surface area contributed by atoms with E-state index in [-0.39, 0.29) is 13.4 Å². The second-order valence-electron chi connectivity index (χ2n) is 23.4. The van der Waals surface area contributed by atoms with Crippen molar-refractivity contribution in [2.75, 3.05) is 9.80 Å². The fourth-order valence-corrected chi connectivity index (χ4v) is 15.7. The van der Waals surface area contributed by atoms with Gasteiger partial charge in [0.05, 0.1) is 33.4 Å². The van der Waals surface area contributed by atoms with Gasteiger partial charge in [-0.3, -0.25) is 0 Å². The van der Waals surface area contributed by atoms with Gasteiger partial charge in [0.25, 0.3) is 13.4 Å². The van der Waals surface area contributed by atoms with Gasteiger partial charge in [-0.1, -0.05) is 182 Å². The summed E-state index contributed by atoms with van der Waals surface area (Å²) in [5.74, 6) is 3.49. The van der Waals surface area contributed by atoms with Crippen molar-refractivity contribution in [1.29, 1.82) is 0 Å². The fourth-order valence-electron chi connectivity index (χ4n) is 15.7. The van der Waals surface area contributed by atoms with E-state index in [1.54, 1.807) is 0 Å². The summed E-state index contributed by atoms with van der Waals surface area (Å²) in [4.78, 5) is 5.03. The molecule has 0 N–H and O–H groups in total. The van der Waals surface area contributed by atoms with E-state index < -0.39 is 0 Å². The molecule has 0 amide bonds. The number of ether oxygens (including phenoxy) is 2. The largest absolute Gasteiger partial charge is 0.458 e. The molecule has 0 unspecified atom stereocenters. The summed E-state index contributed by atoms with van der Waals surface area (Å²) in [7, 11) is 0. The van der Waals surface area contributed by atoms with Crippen LogP contribution in [0.5, 0.6) is 23.0 Å². The molecular weight excluding hydrogens is 1050 g/mol. The highest BCUT2D eigenvalue weighted by Gasteiger charge is 2.45. The number of benzene rings is 14. The first-order chi connectivity index (χ1) is 42.7. The van der Waals surface area contributed by atoms with Gasteiger partial charge in [-0.25, -0.2) is 0 Å². The Balaban J connectivity index is 0.893. The van der Waals surface area contributed by atoms with Gasteiger partial charge in [0.2, 0.25) is 0 Å². The van der Waals surface area contributed by atoms with Crippen LogP contribution in [0.2, 0.25) is 0 Å². The molecule has 4 aliphatic heterocycles. The second-order valence-corrected chi connectivity index (χ2v) is 23.4. The molecule has 0 aliphatic carbocycles. The van der Waals surface area contributed by atoms with Crippen molar-refractivity contribution < 1.29 is 9.47 Å². The predicted molar refractivity (Wildman–Crippen MR) is 359 cm³/mol. The molecule has 0 spiro atoms. The summed E-state index contributed by atoms with van der Waals surface area (Å²) >= 11 is 0. The maximum Gasteiger partial charge on any atom is 0.256 e. The highest BCUT2D eigenvalue weighted by molar-refractivity contribution is 7.00. The van der Waals surface area contributed by atoms with Gasteiger partial charge in [0, 0.05) is 67.8 Å². The zero-order valence-electron chi connectivity index (χ0n) is 46.3. The van der Waals surface area contributed by atoms with Crippen molar-refractivity contribution >= 4 is 156 Å². The quantitative estimate of drug-likeness (QED) is 0.130. The lowest BCUT2D eigenvalue weighted by atomic mass is 9.34. The second kappa shape index (κ2) is 17.2. The highest BCUT2D eigenvalue weighted by Crippen LogP contribution is 2.49. The van der Waals surface area contributed by atoms with Gasteiger partial charge in [-0.15, -0.1) is 0 Å². The maximum atomic E-state index is 7.19. The number of aromatic nitrogens is 2. The van der Waals surface area contributed by atoms with Crippen LogP contribution in [0, 0.1) is 0 Å². The van der Waals surface area contributed by atoms with Gasteiger partial charge in [-0.2, -0.15) is 0 Å². The Hall–Kier alpha value is -11.2. The third-order valence-corrected chi connectivity index (χ3v) is 19.1. The molecule has 0 fully saturated rings. The summed E-state index contributed by atoms with van der Waals surface area (Å²) in [6, 6.07) is 103. The zero-order valence-corrected chi connectivity index (χ0v) is 46.3. The van der Waals surface area contributed by atoms with E-state index in [0.717, 1.165) is 112 Å². The van der Waals surface area contributed by atoms with E-state index in [4.69, 9.17) is 9.47 Å². The molecule has 0 radical (unpaired) electrons. The third-order valence-electron chi connectivity index (χ3n) is 19.1. The van der Waals surface area contributed by atoms with Crippen molar-refractivity contribution in [3.8, 4) is 34.4 Å². The van der Waals surface area contributed by atoms with Crippen molar-refractivity contribution in [2.45, 2.75) is 0 Å². The van der Waals surface area contributed by atoms with E-state index in [0.29, 0.717) is 0 Å². The average Bonchev–Trinajstić information content (AvgIpc) is 3.20. The van der Waals surface area contributed by atoms with Crippen LogP contribution < -0.4 is 52.1 Å². The van der Waals surface area contributed by atoms with E-state index in [2.05, 4.69) is 298 Å². The average molecular weight is 1090 g/mol. The molecule has 4 aliphatic rings. The van der Waals surface area contributed by atoms with Gasteiger partial charge >= 0.3 is 0 Å². The van der Waals surface area contributed by atoms with Crippen LogP contribution in [0.3, 0.4) is 0 Å². The van der Waals surface area contributed by atoms with E-state index in [9.17, 15) is 0 Å². The third kappa shape index (κ3) is 6.21. The Morgan fingerprint density at radius 3 is 0.942 bits per heavy atom. The van der Waals surface area contributed by atoms with Crippen LogP contribution in [0.15, 0.2) is 279 Å². The van der Waals surface area contributed by atoms with Crippen molar-refractivity contribution in [3.63, 3.8) is 0 Å². The van der Waals surface area contributed by atoms with Crippen LogP contribution in [0.25, 0.3) is 87.3 Å². The number of hydrogen-bond donors (Lipinski definition) is 0. The normalized spacial score (nSPS) is 13.4. The Morgan fingerprint density at radius 2 is 0.547 bits per heavy atom. The number of nitrogens with zero attached hydrogens (tertiary/aromatic N) is 4. The minimum Gasteiger partial charge on any atom is -0.458 e. The van der Waals surface area contributed by atoms with Gasteiger partial charge in [0.1, 0.15) is 23.0 Å². The number of rotatable bonds is 4. The molecule has 6 heterocycles. The number of hydrogen-bond acceptors (Lipinski definition) is 4. The Bertz CT molecular complexity index is 5200. The smallest absolute Gasteiger partial charge is 0.256 e. The van der Waals surface area contributed by atoms with Gasteiger partial charge in [0.15, 0.2) is 0 Å². The first kappa shape index (κ1) is 46.3. The first-order valence-electron chi connectivity index (χ1n) is 29.7. The number of para-hydroxylation sites is 8. The molecule has 0 saturated carbocycles. The first-order valence-corrected chi connectivity index (χ1v) is 29.7. The van der Waals surface area contributed by atoms with E-state index >= 15 is 0 Å². The monoisotopic (exact) mass is 1090 g/mol. The fraction of sp³-hybridized carbons (Fsp3) is 0. The molecule has 14 aromatic carbocycles. The molecule has 0 atom stereocenters. The molecule has 16 aromatic rings. The molecule has 0 saturated heterocycles. The van der Waals surface area contributed by atoms with Crippen molar-refractivity contribution in [3.05, 3.63) is 279 Å². The highest BCUT2D eigenvalue weighted by atomic mass is 16.5. The topological polar surface area (TPSA) is 34.8 Å². The van der Waals surface area contributed by atoms with Crippen LogP contribution in [0.1, 0.15) is 0 Å². The van der Waals surface area contributed by atoms with Gasteiger partial charge in [-0.05, 0) is 150 Å². The van der Waals surface area contributed by atoms with E-state index in [1.807, 2.05) is 0 Å². The van der Waals surface area contributed by atoms with Crippen molar-refractivity contribution in [1.82, 2.24) is 9.13 Å². The summed E-state index contributed by atoms with van der Waals surface area (Å²) in [5.41, 5.74) is 20.4. The molecule has 8 heteroatoms. The zero-order chi connectivity index (χ0) is 55.9. The molecule has 2 aromatic heterocycles. The van der Waals surface area contributed by atoms with Crippen LogP contribution in [-0.4, -0.2) is 22.6 Å². The van der Waals surface area contributed by atoms with Crippen LogP contribution >= 0.6 is 0 Å². The molecule has 396 valence electrons. The van der Waals surface area contributed by atoms with Crippen LogP contribution in [0.4, 0.5) is 34.1 Å². The molecule has 0 bridgehead atoms. The Kier molecular flexibility index (Phi) is 9.26. The Morgan fingerprint density at radius 1 is 0.221 bits per heavy atom. The molecule has 6 nitrogen and oxygen atoms in total. The minimum atomic E-state index is -0.119. The summed E-state index contributed by atoms with van der Waals surface area (Å²) in [6.07, 6.45) is 0. The predicted octanol–water partition coefficient (Wildman–Crippen LogP) is 16.2. The molecule has 20 rings (SSSR count). The molecular formula is C78H46B2N4O2. The minimum absolute atomic E-state index is 0.119. The summed E-state index contributed by atoms with van der Waals surface area (Å²) in [6.45, 7) is -0.239. The summed E-state index contributed by atoms with van der Waals surface area (Å²) < 4.78 is 19.2. The molecule has 86 heavy (non-hydrogen) atoms. The van der Waals surface area contributed by atoms with Gasteiger partial charge < -0.3 is 28.4 Å².